The fourth-order valence-corrected chi connectivity index (χ4v) is 2.01. The van der Waals surface area contributed by atoms with Crippen molar-refractivity contribution >= 4 is 0 Å². The third-order valence-electron chi connectivity index (χ3n) is 3.17. The number of hydrogen-bond acceptors (Lipinski definition) is 1. The predicted octanol–water partition coefficient (Wildman–Crippen LogP) is 5.24. The number of aliphatic hydroxyl groups is 1. The quantitative estimate of drug-likeness (QED) is 0.345. The minimum Gasteiger partial charge on any atom is -0.396 e. The Morgan fingerprint density at radius 2 is 1.12 bits per heavy atom. The summed E-state index contributed by atoms with van der Waals surface area (Å²) >= 11 is 0. The molecule has 0 saturated carbocycles. The fourth-order valence-electron chi connectivity index (χ4n) is 2.01. The molecule has 0 fully saturated rings. The molecule has 0 saturated heterocycles. The second-order valence-corrected chi connectivity index (χ2v) is 4.95. The molecule has 0 rings (SSSR count). The summed E-state index contributed by atoms with van der Waals surface area (Å²) in [5, 5.41) is 8.63. The third-order valence-corrected chi connectivity index (χ3v) is 3.17. The third kappa shape index (κ3) is 15.7. The van der Waals surface area contributed by atoms with Crippen LogP contribution in [0.15, 0.2) is 12.2 Å². The van der Waals surface area contributed by atoms with Gasteiger partial charge in [0.15, 0.2) is 0 Å². The van der Waals surface area contributed by atoms with E-state index in [0.717, 1.165) is 6.42 Å². The van der Waals surface area contributed by atoms with Gasteiger partial charge < -0.3 is 5.11 Å². The molecule has 1 N–H and O–H groups in total. The number of rotatable bonds is 13. The van der Waals surface area contributed by atoms with E-state index in [1.54, 1.807) is 0 Å². The van der Waals surface area contributed by atoms with E-state index in [1.807, 2.05) is 0 Å². The molecule has 0 heterocycles. The molecule has 0 radical (unpaired) electrons. The van der Waals surface area contributed by atoms with Gasteiger partial charge in [0.2, 0.25) is 0 Å². The van der Waals surface area contributed by atoms with Gasteiger partial charge in [-0.15, -0.1) is 0 Å². The van der Waals surface area contributed by atoms with Crippen molar-refractivity contribution in [2.24, 2.45) is 0 Å². The smallest absolute Gasteiger partial charge is 0.0431 e. The van der Waals surface area contributed by atoms with Crippen LogP contribution in [0.5, 0.6) is 0 Å². The number of unbranched alkanes of at least 4 members (excludes halogenated alkanes) is 10. The number of aliphatic hydroxyl groups excluding tert-OH is 1. The van der Waals surface area contributed by atoms with Crippen LogP contribution in [0.4, 0.5) is 0 Å². The predicted molar refractivity (Wildman–Crippen MR) is 77.3 cm³/mol. The lowest BCUT2D eigenvalue weighted by Gasteiger charge is -1.98. The molecule has 0 atom stereocenters. The topological polar surface area (TPSA) is 20.2 Å². The Labute approximate surface area is 108 Å². The summed E-state index contributed by atoms with van der Waals surface area (Å²) < 4.78 is 0. The molecule has 0 amide bonds. The van der Waals surface area contributed by atoms with Crippen LogP contribution in [0, 0.1) is 0 Å². The van der Waals surface area contributed by atoms with Gasteiger partial charge in [0, 0.05) is 6.61 Å². The lowest BCUT2D eigenvalue weighted by atomic mass is 10.1. The van der Waals surface area contributed by atoms with E-state index in [1.165, 1.54) is 70.6 Å². The van der Waals surface area contributed by atoms with Gasteiger partial charge in [0.1, 0.15) is 0 Å². The van der Waals surface area contributed by atoms with Crippen LogP contribution in [0.1, 0.15) is 84.0 Å². The second-order valence-electron chi connectivity index (χ2n) is 4.95. The molecule has 0 unspecified atom stereocenters. The Hall–Kier alpha value is -0.300. The van der Waals surface area contributed by atoms with Crippen molar-refractivity contribution in [3.63, 3.8) is 0 Å². The van der Waals surface area contributed by atoms with Crippen molar-refractivity contribution in [2.75, 3.05) is 6.61 Å². The summed E-state index contributed by atoms with van der Waals surface area (Å²) in [6.07, 6.45) is 20.2. The number of allylic oxidation sites excluding steroid dienone is 2. The molecular weight excluding hydrogens is 208 g/mol. The minimum atomic E-state index is 0.355. The van der Waals surface area contributed by atoms with Crippen LogP contribution >= 0.6 is 0 Å². The zero-order valence-corrected chi connectivity index (χ0v) is 11.8. The van der Waals surface area contributed by atoms with E-state index in [4.69, 9.17) is 5.11 Å². The molecule has 0 aromatic heterocycles. The second kappa shape index (κ2) is 15.7. The van der Waals surface area contributed by atoms with Crippen molar-refractivity contribution in [1.29, 1.82) is 0 Å². The van der Waals surface area contributed by atoms with E-state index in [2.05, 4.69) is 19.1 Å². The van der Waals surface area contributed by atoms with Gasteiger partial charge >= 0.3 is 0 Å². The van der Waals surface area contributed by atoms with Crippen molar-refractivity contribution in [1.82, 2.24) is 0 Å². The average Bonchev–Trinajstić information content (AvgIpc) is 2.35. The van der Waals surface area contributed by atoms with Crippen molar-refractivity contribution in [3.8, 4) is 0 Å². The molecule has 0 aromatic rings. The highest BCUT2D eigenvalue weighted by atomic mass is 16.2. The van der Waals surface area contributed by atoms with E-state index in [9.17, 15) is 0 Å². The summed E-state index contributed by atoms with van der Waals surface area (Å²) in [4.78, 5) is 0. The van der Waals surface area contributed by atoms with E-state index < -0.39 is 0 Å². The van der Waals surface area contributed by atoms with Crippen molar-refractivity contribution in [3.05, 3.63) is 12.2 Å². The van der Waals surface area contributed by atoms with Crippen LogP contribution in [0.2, 0.25) is 0 Å². The van der Waals surface area contributed by atoms with Gasteiger partial charge in [-0.25, -0.2) is 0 Å². The molecule has 1 heteroatoms. The van der Waals surface area contributed by atoms with Gasteiger partial charge in [0.25, 0.3) is 0 Å². The Bertz CT molecular complexity index is 152. The van der Waals surface area contributed by atoms with E-state index in [0.29, 0.717) is 6.61 Å². The Balaban J connectivity index is 2.99. The molecule has 0 aliphatic heterocycles. The maximum atomic E-state index is 8.63. The van der Waals surface area contributed by atoms with Crippen molar-refractivity contribution < 1.29 is 5.11 Å². The SMILES string of the molecule is CCCCCCCC/C=C/CCCCCCO. The highest BCUT2D eigenvalue weighted by Crippen LogP contribution is 2.08. The summed E-state index contributed by atoms with van der Waals surface area (Å²) in [5.41, 5.74) is 0. The number of hydrogen-bond donors (Lipinski definition) is 1. The van der Waals surface area contributed by atoms with Gasteiger partial charge in [-0.3, -0.25) is 0 Å². The van der Waals surface area contributed by atoms with Gasteiger partial charge in [-0.2, -0.15) is 0 Å². The monoisotopic (exact) mass is 240 g/mol. The molecule has 0 bridgehead atoms. The van der Waals surface area contributed by atoms with Gasteiger partial charge in [-0.1, -0.05) is 64.0 Å². The summed E-state index contributed by atoms with van der Waals surface area (Å²) in [7, 11) is 0. The molecule has 1 nitrogen and oxygen atoms in total. The maximum absolute atomic E-state index is 8.63. The van der Waals surface area contributed by atoms with Crippen LogP contribution in [-0.2, 0) is 0 Å². The molecular formula is C16H32O. The Morgan fingerprint density at radius 1 is 0.647 bits per heavy atom. The highest BCUT2D eigenvalue weighted by Gasteiger charge is 1.89. The summed E-state index contributed by atoms with van der Waals surface area (Å²) in [6.45, 7) is 2.62. The molecule has 0 spiro atoms. The maximum Gasteiger partial charge on any atom is 0.0431 e. The lowest BCUT2D eigenvalue weighted by Crippen LogP contribution is -1.82. The van der Waals surface area contributed by atoms with Crippen LogP contribution in [-0.4, -0.2) is 11.7 Å². The average molecular weight is 240 g/mol. The Morgan fingerprint density at radius 3 is 1.65 bits per heavy atom. The first-order valence-corrected chi connectivity index (χ1v) is 7.67. The first kappa shape index (κ1) is 16.7. The zero-order chi connectivity index (χ0) is 12.6. The molecule has 0 aromatic carbocycles. The van der Waals surface area contributed by atoms with Crippen LogP contribution in [0.3, 0.4) is 0 Å². The molecule has 102 valence electrons. The van der Waals surface area contributed by atoms with E-state index >= 15 is 0 Å². The van der Waals surface area contributed by atoms with Gasteiger partial charge in [-0.05, 0) is 32.1 Å². The Kier molecular flexibility index (Phi) is 15.4. The van der Waals surface area contributed by atoms with E-state index in [-0.39, 0.29) is 0 Å². The first-order valence-electron chi connectivity index (χ1n) is 7.67. The fraction of sp³-hybridized carbons (Fsp3) is 0.875. The largest absolute Gasteiger partial charge is 0.396 e. The minimum absolute atomic E-state index is 0.355. The highest BCUT2D eigenvalue weighted by molar-refractivity contribution is 4.81. The molecule has 17 heavy (non-hydrogen) atoms. The van der Waals surface area contributed by atoms with Crippen LogP contribution in [0.25, 0.3) is 0 Å². The molecule has 0 aliphatic rings. The molecule has 0 aliphatic carbocycles. The summed E-state index contributed by atoms with van der Waals surface area (Å²) in [6, 6.07) is 0. The van der Waals surface area contributed by atoms with Crippen LogP contribution < -0.4 is 0 Å². The normalized spacial score (nSPS) is 11.4. The zero-order valence-electron chi connectivity index (χ0n) is 11.8. The first-order chi connectivity index (χ1) is 8.41. The standard InChI is InChI=1S/C16H32O/c1-2-3-4-5-6-7-8-9-10-11-12-13-14-15-16-17/h9-10,17H,2-8,11-16H2,1H3/b10-9+. The van der Waals surface area contributed by atoms with Gasteiger partial charge in [0.05, 0.1) is 0 Å². The lowest BCUT2D eigenvalue weighted by molar-refractivity contribution is 0.282. The summed E-state index contributed by atoms with van der Waals surface area (Å²) in [5.74, 6) is 0. The van der Waals surface area contributed by atoms with Crippen molar-refractivity contribution in [2.45, 2.75) is 84.0 Å².